The Morgan fingerprint density at radius 3 is 2.27 bits per heavy atom. The molecule has 33 heavy (non-hydrogen) atoms. The number of nitrogens with zero attached hydrogens (tertiary/aromatic N) is 1. The number of nitriles is 1. The van der Waals surface area contributed by atoms with Gasteiger partial charge in [0.05, 0.1) is 5.57 Å². The van der Waals surface area contributed by atoms with Crippen molar-refractivity contribution in [3.63, 3.8) is 0 Å². The van der Waals surface area contributed by atoms with Gasteiger partial charge < -0.3 is 0 Å². The predicted molar refractivity (Wildman–Crippen MR) is 130 cm³/mol. The van der Waals surface area contributed by atoms with E-state index in [9.17, 15) is 14.9 Å². The number of ketones is 2. The number of allylic oxidation sites excluding steroid dienone is 4. The van der Waals surface area contributed by atoms with Gasteiger partial charge in [0.2, 0.25) is 0 Å². The smallest absolute Gasteiger partial charge is 0.176 e. The summed E-state index contributed by atoms with van der Waals surface area (Å²) in [4.78, 5) is 26.9. The topological polar surface area (TPSA) is 57.9 Å². The Morgan fingerprint density at radius 1 is 0.939 bits per heavy atom. The summed E-state index contributed by atoms with van der Waals surface area (Å²) in [5.41, 5.74) is 1.49. The largest absolute Gasteiger partial charge is 0.295 e. The lowest BCUT2D eigenvalue weighted by Gasteiger charge is -2.68. The molecule has 3 saturated carbocycles. The summed E-state index contributed by atoms with van der Waals surface area (Å²) < 4.78 is 0. The van der Waals surface area contributed by atoms with Crippen molar-refractivity contribution in [3.8, 4) is 6.07 Å². The van der Waals surface area contributed by atoms with Crippen molar-refractivity contribution in [2.45, 2.75) is 93.4 Å². The lowest BCUT2D eigenvalue weighted by molar-refractivity contribution is -0.166. The normalized spacial score (nSPS) is 50.6. The third-order valence-corrected chi connectivity index (χ3v) is 11.9. The first-order valence-corrected chi connectivity index (χ1v) is 13.2. The molecule has 3 heteroatoms. The minimum atomic E-state index is -0.401. The van der Waals surface area contributed by atoms with Gasteiger partial charge in [-0.1, -0.05) is 60.1 Å². The first-order chi connectivity index (χ1) is 15.2. The number of rotatable bonds is 0. The van der Waals surface area contributed by atoms with Gasteiger partial charge in [-0.2, -0.15) is 5.26 Å². The highest BCUT2D eigenvalue weighted by atomic mass is 16.1. The molecular formula is C30H41NO2. The van der Waals surface area contributed by atoms with E-state index in [0.29, 0.717) is 17.1 Å². The Bertz CT molecular complexity index is 1040. The molecule has 8 atom stereocenters. The van der Waals surface area contributed by atoms with Gasteiger partial charge in [0.15, 0.2) is 11.6 Å². The van der Waals surface area contributed by atoms with E-state index in [2.05, 4.69) is 47.6 Å². The van der Waals surface area contributed by atoms with E-state index in [-0.39, 0.29) is 45.4 Å². The highest BCUT2D eigenvalue weighted by Gasteiger charge is 2.68. The van der Waals surface area contributed by atoms with Crippen molar-refractivity contribution in [3.05, 3.63) is 23.3 Å². The van der Waals surface area contributed by atoms with Gasteiger partial charge in [0.1, 0.15) is 6.07 Å². The number of fused-ring (bicyclic) bond motifs is 7. The third kappa shape index (κ3) is 2.79. The van der Waals surface area contributed by atoms with E-state index in [4.69, 9.17) is 0 Å². The quantitative estimate of drug-likeness (QED) is 0.408. The molecule has 5 rings (SSSR count). The summed E-state index contributed by atoms with van der Waals surface area (Å²) >= 11 is 0. The molecule has 0 spiro atoms. The summed E-state index contributed by atoms with van der Waals surface area (Å²) in [7, 11) is 0. The molecule has 3 nitrogen and oxygen atoms in total. The first kappa shape index (κ1) is 23.1. The summed E-state index contributed by atoms with van der Waals surface area (Å²) in [6, 6.07) is 2.18. The van der Waals surface area contributed by atoms with Gasteiger partial charge in [0.25, 0.3) is 0 Å². The molecule has 5 aliphatic rings. The number of carbonyl (C=O) groups is 2. The van der Waals surface area contributed by atoms with Gasteiger partial charge in [-0.25, -0.2) is 0 Å². The molecule has 0 aromatic rings. The van der Waals surface area contributed by atoms with Crippen LogP contribution in [0.1, 0.15) is 93.4 Å². The maximum atomic E-state index is 14.1. The molecule has 3 fully saturated rings. The van der Waals surface area contributed by atoms with Crippen LogP contribution in [0.5, 0.6) is 0 Å². The monoisotopic (exact) mass is 447 g/mol. The fraction of sp³-hybridized carbons (Fsp3) is 0.767. The second kappa shape index (κ2) is 6.71. The Morgan fingerprint density at radius 2 is 1.61 bits per heavy atom. The van der Waals surface area contributed by atoms with Crippen molar-refractivity contribution in [2.75, 3.05) is 0 Å². The molecule has 0 radical (unpaired) electrons. The van der Waals surface area contributed by atoms with Crippen molar-refractivity contribution in [1.29, 1.82) is 5.26 Å². The average Bonchev–Trinajstić information content (AvgIpc) is 2.74. The number of carbonyl (C=O) groups excluding carboxylic acids is 2. The Labute approximate surface area is 200 Å². The molecule has 0 aliphatic heterocycles. The van der Waals surface area contributed by atoms with Crippen molar-refractivity contribution in [1.82, 2.24) is 0 Å². The van der Waals surface area contributed by atoms with Gasteiger partial charge >= 0.3 is 0 Å². The van der Waals surface area contributed by atoms with E-state index in [0.717, 1.165) is 25.7 Å². The second-order valence-electron chi connectivity index (χ2n) is 14.1. The molecule has 0 amide bonds. The third-order valence-electron chi connectivity index (χ3n) is 11.9. The Hall–Kier alpha value is -1.69. The maximum absolute atomic E-state index is 14.1. The SMILES string of the molecule is CC1C(=O)C(C#N)=CC2(C)C3=CC(=O)C4C5CC(C)(C)CCC5(C)CCC4(C)C3(C)CCC12. The van der Waals surface area contributed by atoms with Crippen molar-refractivity contribution >= 4 is 11.6 Å². The number of hydrogen-bond donors (Lipinski definition) is 0. The maximum Gasteiger partial charge on any atom is 0.176 e. The lowest BCUT2D eigenvalue weighted by atomic mass is 9.35. The molecule has 0 bridgehead atoms. The van der Waals surface area contributed by atoms with Gasteiger partial charge in [-0.3, -0.25) is 9.59 Å². The standard InChI is InChI=1S/C30H41NO2/c1-18-20-8-9-29(6)23(28(20,5)15-19(17-31)25(18)33)14-22(32)24-21-16-26(2,3)10-11-27(21,4)12-13-30(24,29)7/h14-15,18,20-21,24H,8-13,16H2,1-7H3. The minimum absolute atomic E-state index is 0.0201. The zero-order valence-electron chi connectivity index (χ0n) is 21.7. The second-order valence-corrected chi connectivity index (χ2v) is 14.1. The van der Waals surface area contributed by atoms with Crippen LogP contribution in [0, 0.1) is 62.1 Å². The van der Waals surface area contributed by atoms with Crippen molar-refractivity contribution in [2.24, 2.45) is 50.7 Å². The molecule has 0 aromatic heterocycles. The molecule has 8 unspecified atom stereocenters. The van der Waals surface area contributed by atoms with E-state index < -0.39 is 5.41 Å². The fourth-order valence-electron chi connectivity index (χ4n) is 9.51. The zero-order chi connectivity index (χ0) is 24.2. The van der Waals surface area contributed by atoms with Crippen LogP contribution in [-0.4, -0.2) is 11.6 Å². The van der Waals surface area contributed by atoms with Crippen LogP contribution < -0.4 is 0 Å². The summed E-state index contributed by atoms with van der Waals surface area (Å²) in [6.07, 6.45) is 11.9. The van der Waals surface area contributed by atoms with Gasteiger partial charge in [-0.05, 0) is 84.5 Å². The van der Waals surface area contributed by atoms with Crippen LogP contribution in [0.2, 0.25) is 0 Å². The first-order valence-electron chi connectivity index (χ1n) is 13.2. The minimum Gasteiger partial charge on any atom is -0.295 e. The van der Waals surface area contributed by atoms with Gasteiger partial charge in [0, 0.05) is 17.3 Å². The Balaban J connectivity index is 1.68. The van der Waals surface area contributed by atoms with Crippen LogP contribution in [0.25, 0.3) is 0 Å². The summed E-state index contributed by atoms with van der Waals surface area (Å²) in [5.74, 6) is 0.799. The van der Waals surface area contributed by atoms with Crippen LogP contribution in [0.15, 0.2) is 23.3 Å². The number of Topliss-reactive ketones (excluding diaryl/α,β-unsaturated/α-hetero) is 1. The number of hydrogen-bond acceptors (Lipinski definition) is 3. The van der Waals surface area contributed by atoms with Crippen molar-refractivity contribution < 1.29 is 9.59 Å². The van der Waals surface area contributed by atoms with E-state index in [1.54, 1.807) is 0 Å². The molecule has 178 valence electrons. The molecule has 0 saturated heterocycles. The fourth-order valence-corrected chi connectivity index (χ4v) is 9.51. The van der Waals surface area contributed by atoms with E-state index in [1.807, 2.05) is 19.1 Å². The van der Waals surface area contributed by atoms with Crippen LogP contribution in [0.4, 0.5) is 0 Å². The highest BCUT2D eigenvalue weighted by molar-refractivity contribution is 6.02. The van der Waals surface area contributed by atoms with Crippen LogP contribution in [-0.2, 0) is 9.59 Å². The lowest BCUT2D eigenvalue weighted by Crippen LogP contribution is -2.63. The molecule has 0 heterocycles. The predicted octanol–water partition coefficient (Wildman–Crippen LogP) is 6.84. The Kier molecular flexibility index (Phi) is 4.69. The highest BCUT2D eigenvalue weighted by Crippen LogP contribution is 2.73. The molecule has 0 aromatic carbocycles. The summed E-state index contributed by atoms with van der Waals surface area (Å²) in [5, 5.41) is 9.72. The molecular weight excluding hydrogens is 406 g/mol. The van der Waals surface area contributed by atoms with E-state index >= 15 is 0 Å². The molecule has 5 aliphatic carbocycles. The average molecular weight is 448 g/mol. The van der Waals surface area contributed by atoms with E-state index in [1.165, 1.54) is 24.8 Å². The van der Waals surface area contributed by atoms with Gasteiger partial charge in [-0.15, -0.1) is 0 Å². The molecule has 0 N–H and O–H groups in total. The van der Waals surface area contributed by atoms with Crippen LogP contribution >= 0.6 is 0 Å². The summed E-state index contributed by atoms with van der Waals surface area (Å²) in [6.45, 7) is 16.2. The zero-order valence-corrected chi connectivity index (χ0v) is 21.7. The van der Waals surface area contributed by atoms with Crippen LogP contribution in [0.3, 0.4) is 0 Å².